The van der Waals surface area contributed by atoms with Gasteiger partial charge in [0.2, 0.25) is 5.91 Å². The number of nitrogens with one attached hydrogen (secondary N) is 1. The first kappa shape index (κ1) is 60.9. The predicted molar refractivity (Wildman–Crippen MR) is 272 cm³/mol. The average Bonchev–Trinajstić information content (AvgIpc) is 3.24. The molecule has 0 aromatic carbocycles. The Kier molecular flexibility index (Phi) is 43.6. The number of unbranched alkanes of at least 4 members (excludes halogenated alkanes) is 23. The molecule has 0 radical (unpaired) electrons. The number of phosphoric acid groups is 1. The first-order valence-corrected chi connectivity index (χ1v) is 27.3. The van der Waals surface area contributed by atoms with Gasteiger partial charge in [0.1, 0.15) is 13.2 Å². The lowest BCUT2D eigenvalue weighted by Crippen LogP contribution is -2.45. The van der Waals surface area contributed by atoms with Crippen molar-refractivity contribution in [2.75, 3.05) is 40.9 Å². The van der Waals surface area contributed by atoms with Crippen molar-refractivity contribution in [3.05, 3.63) is 72.9 Å². The summed E-state index contributed by atoms with van der Waals surface area (Å²) in [7, 11) is 1.57. The molecule has 0 aromatic rings. The molecule has 0 bridgehead atoms. The van der Waals surface area contributed by atoms with Crippen molar-refractivity contribution in [2.45, 2.75) is 225 Å². The maximum atomic E-state index is 12.9. The molecule has 3 N–H and O–H groups in total. The van der Waals surface area contributed by atoms with Crippen LogP contribution in [0.3, 0.4) is 0 Å². The quantitative estimate of drug-likeness (QED) is 0.0243. The number of aliphatic hydroxyl groups is 1. The Morgan fingerprint density at radius 1 is 0.556 bits per heavy atom. The minimum Gasteiger partial charge on any atom is -0.387 e. The molecule has 0 aliphatic rings. The van der Waals surface area contributed by atoms with Gasteiger partial charge < -0.3 is 19.8 Å². The largest absolute Gasteiger partial charge is 0.472 e. The van der Waals surface area contributed by atoms with Gasteiger partial charge >= 0.3 is 7.82 Å². The van der Waals surface area contributed by atoms with Crippen molar-refractivity contribution in [2.24, 2.45) is 0 Å². The van der Waals surface area contributed by atoms with Gasteiger partial charge in [-0.1, -0.05) is 215 Å². The first-order valence-electron chi connectivity index (χ1n) is 25.8. The lowest BCUT2D eigenvalue weighted by Gasteiger charge is -2.25. The SMILES string of the molecule is CC/C=C\C/C=C\C/C=C\C/C=C\C/C=C\CCCCCCCCCCCCCCCCCCCC(=O)NC(COP(=O)(O)OCC[N+](C)(C)C)C(O)/C=C/CCCCCCCC. The van der Waals surface area contributed by atoms with Crippen LogP contribution in [0.4, 0.5) is 0 Å². The van der Waals surface area contributed by atoms with Crippen LogP contribution in [0.5, 0.6) is 0 Å². The van der Waals surface area contributed by atoms with Crippen molar-refractivity contribution in [3.8, 4) is 0 Å². The van der Waals surface area contributed by atoms with Gasteiger partial charge in [0, 0.05) is 6.42 Å². The van der Waals surface area contributed by atoms with Crippen LogP contribution in [0.15, 0.2) is 72.9 Å². The molecular weight excluding hydrogens is 804 g/mol. The van der Waals surface area contributed by atoms with E-state index in [9.17, 15) is 19.4 Å². The standard InChI is InChI=1S/C54H99N2O6P/c1-6-8-10-12-14-16-17-18-19-20-21-22-23-24-25-26-27-28-29-30-31-32-33-34-35-36-37-38-39-40-42-44-46-48-54(58)55-52(51-62-63(59,60)61-50-49-56(3,4)5)53(57)47-45-43-41-15-13-11-9-7-2/h8,10,14,16,18-19,21-22,24-25,45,47,52-53,57H,6-7,9,11-13,15,17,20,23,26-44,46,48-51H2,1-5H3,(H-,55,58,59,60)/p+1/b10-8-,16-14-,19-18-,22-21-,25-24-,47-45+. The van der Waals surface area contributed by atoms with Crippen LogP contribution in [0.2, 0.25) is 0 Å². The van der Waals surface area contributed by atoms with Crippen LogP contribution in [-0.4, -0.2) is 73.4 Å². The number of amides is 1. The number of hydrogen-bond acceptors (Lipinski definition) is 5. The molecule has 63 heavy (non-hydrogen) atoms. The van der Waals surface area contributed by atoms with Gasteiger partial charge in [0.05, 0.1) is 39.9 Å². The summed E-state index contributed by atoms with van der Waals surface area (Å²) in [4.78, 5) is 23.1. The zero-order valence-corrected chi connectivity index (χ0v) is 42.4. The molecule has 3 atom stereocenters. The summed E-state index contributed by atoms with van der Waals surface area (Å²) >= 11 is 0. The summed E-state index contributed by atoms with van der Waals surface area (Å²) in [6, 6.07) is -0.845. The van der Waals surface area contributed by atoms with Crippen LogP contribution in [0.25, 0.3) is 0 Å². The number of nitrogens with zero attached hydrogens (tertiary/aromatic N) is 1. The molecule has 0 saturated heterocycles. The molecule has 3 unspecified atom stereocenters. The number of hydrogen-bond donors (Lipinski definition) is 3. The lowest BCUT2D eigenvalue weighted by molar-refractivity contribution is -0.870. The van der Waals surface area contributed by atoms with E-state index in [0.717, 1.165) is 70.6 Å². The van der Waals surface area contributed by atoms with Crippen molar-refractivity contribution >= 4 is 13.7 Å². The molecule has 0 aromatic heterocycles. The summed E-state index contributed by atoms with van der Waals surface area (Å²) < 4.78 is 23.5. The smallest absolute Gasteiger partial charge is 0.387 e. The van der Waals surface area contributed by atoms with Crippen LogP contribution < -0.4 is 5.32 Å². The van der Waals surface area contributed by atoms with E-state index in [4.69, 9.17) is 9.05 Å². The van der Waals surface area contributed by atoms with Gasteiger partial charge in [-0.25, -0.2) is 4.57 Å². The van der Waals surface area contributed by atoms with E-state index < -0.39 is 20.0 Å². The number of likely N-dealkylation sites (N-methyl/N-ethyl adjacent to an activating group) is 1. The molecule has 0 heterocycles. The maximum Gasteiger partial charge on any atom is 0.472 e. The molecule has 0 saturated carbocycles. The Balaban J connectivity index is 3.95. The molecular formula is C54H100N2O6P+. The molecule has 1 amide bonds. The van der Waals surface area contributed by atoms with Crippen LogP contribution >= 0.6 is 7.82 Å². The normalized spacial score (nSPS) is 14.7. The number of quaternary nitrogens is 1. The fourth-order valence-electron chi connectivity index (χ4n) is 7.13. The number of allylic oxidation sites excluding steroid dienone is 11. The minimum atomic E-state index is -4.33. The van der Waals surface area contributed by atoms with Crippen molar-refractivity contribution in [1.29, 1.82) is 0 Å². The van der Waals surface area contributed by atoms with Gasteiger partial charge in [-0.3, -0.25) is 13.8 Å². The number of rotatable bonds is 46. The molecule has 8 nitrogen and oxygen atoms in total. The van der Waals surface area contributed by atoms with E-state index in [2.05, 4.69) is 79.9 Å². The molecule has 0 fully saturated rings. The van der Waals surface area contributed by atoms with E-state index in [0.29, 0.717) is 17.4 Å². The highest BCUT2D eigenvalue weighted by Gasteiger charge is 2.27. The monoisotopic (exact) mass is 904 g/mol. The van der Waals surface area contributed by atoms with Crippen LogP contribution in [-0.2, 0) is 18.4 Å². The van der Waals surface area contributed by atoms with Crippen molar-refractivity contribution in [1.82, 2.24) is 5.32 Å². The van der Waals surface area contributed by atoms with Crippen molar-refractivity contribution < 1.29 is 32.9 Å². The summed E-state index contributed by atoms with van der Waals surface area (Å²) in [5, 5.41) is 13.8. The number of carbonyl (C=O) groups excluding carboxylic acids is 1. The Bertz CT molecular complexity index is 1250. The fraction of sp³-hybridized carbons (Fsp3) is 0.759. The van der Waals surface area contributed by atoms with E-state index in [-0.39, 0.29) is 19.1 Å². The van der Waals surface area contributed by atoms with E-state index in [1.54, 1.807) is 6.08 Å². The van der Waals surface area contributed by atoms with E-state index in [1.807, 2.05) is 27.2 Å². The van der Waals surface area contributed by atoms with E-state index in [1.165, 1.54) is 122 Å². The first-order chi connectivity index (χ1) is 30.5. The van der Waals surface area contributed by atoms with Gasteiger partial charge in [0.15, 0.2) is 0 Å². The zero-order valence-electron chi connectivity index (χ0n) is 41.5. The lowest BCUT2D eigenvalue weighted by atomic mass is 10.0. The third-order valence-corrected chi connectivity index (χ3v) is 12.2. The van der Waals surface area contributed by atoms with Crippen molar-refractivity contribution in [3.63, 3.8) is 0 Å². The topological polar surface area (TPSA) is 105 Å². The molecule has 9 heteroatoms. The van der Waals surface area contributed by atoms with E-state index >= 15 is 0 Å². The average molecular weight is 904 g/mol. The predicted octanol–water partition coefficient (Wildman–Crippen LogP) is 15.1. The third kappa shape index (κ3) is 47.7. The second-order valence-corrected chi connectivity index (χ2v) is 20.0. The minimum absolute atomic E-state index is 0.0598. The highest BCUT2D eigenvalue weighted by Crippen LogP contribution is 2.43. The number of carbonyl (C=O) groups is 1. The Labute approximate surface area is 389 Å². The molecule has 0 aliphatic carbocycles. The molecule has 366 valence electrons. The third-order valence-electron chi connectivity index (χ3n) is 11.2. The van der Waals surface area contributed by atoms with Gasteiger partial charge in [-0.05, 0) is 64.2 Å². The van der Waals surface area contributed by atoms with Gasteiger partial charge in [0.25, 0.3) is 0 Å². The van der Waals surface area contributed by atoms with Gasteiger partial charge in [-0.2, -0.15) is 0 Å². The fourth-order valence-corrected chi connectivity index (χ4v) is 7.86. The number of aliphatic hydroxyl groups excluding tert-OH is 1. The maximum absolute atomic E-state index is 12.9. The second-order valence-electron chi connectivity index (χ2n) is 18.5. The second kappa shape index (κ2) is 45.1. The Morgan fingerprint density at radius 2 is 0.952 bits per heavy atom. The van der Waals surface area contributed by atoms with Crippen LogP contribution in [0, 0.1) is 0 Å². The highest BCUT2D eigenvalue weighted by molar-refractivity contribution is 7.47. The summed E-state index contributed by atoms with van der Waals surface area (Å²) in [5.74, 6) is -0.182. The zero-order chi connectivity index (χ0) is 46.4. The Morgan fingerprint density at radius 3 is 1.40 bits per heavy atom. The van der Waals surface area contributed by atoms with Gasteiger partial charge in [-0.15, -0.1) is 0 Å². The molecule has 0 aliphatic heterocycles. The highest BCUT2D eigenvalue weighted by atomic mass is 31.2. The Hall–Kier alpha value is -2.06. The number of phosphoric ester groups is 1. The summed E-state index contributed by atoms with van der Waals surface area (Å²) in [6.07, 6.45) is 61.6. The summed E-state index contributed by atoms with van der Waals surface area (Å²) in [6.45, 7) is 4.65. The molecule has 0 spiro atoms. The van der Waals surface area contributed by atoms with Crippen LogP contribution in [0.1, 0.15) is 213 Å². The molecule has 0 rings (SSSR count). The summed E-state index contributed by atoms with van der Waals surface area (Å²) in [5.41, 5.74) is 0.